The SMILES string of the molecule is CCOC(=O)C1CCC(c2c(F)c(C)cc(F)c2C(F)(F)F)CC1=O. The van der Waals surface area contributed by atoms with Gasteiger partial charge in [-0.15, -0.1) is 0 Å². The van der Waals surface area contributed by atoms with Crippen LogP contribution in [-0.4, -0.2) is 18.4 Å². The van der Waals surface area contributed by atoms with Crippen molar-refractivity contribution in [1.82, 2.24) is 0 Å². The molecule has 0 saturated heterocycles. The molecule has 1 fully saturated rings. The molecule has 0 heterocycles. The largest absolute Gasteiger partial charge is 0.465 e. The Hall–Kier alpha value is -1.99. The molecule has 3 nitrogen and oxygen atoms in total. The standard InChI is InChI=1S/C17H17F5O3/c1-3-25-16(24)10-5-4-9(7-12(10)23)13-14(17(20,21)22)11(18)6-8(2)15(13)19/h6,9-10H,3-5,7H2,1-2H3. The molecule has 0 aromatic heterocycles. The van der Waals surface area contributed by atoms with Crippen molar-refractivity contribution < 1.29 is 36.3 Å². The third kappa shape index (κ3) is 3.82. The van der Waals surface area contributed by atoms with Crippen molar-refractivity contribution in [1.29, 1.82) is 0 Å². The number of aryl methyl sites for hydroxylation is 1. The zero-order valence-corrected chi connectivity index (χ0v) is 13.7. The van der Waals surface area contributed by atoms with E-state index >= 15 is 0 Å². The number of Topliss-reactive ketones (excluding diaryl/α,β-unsaturated/α-hetero) is 1. The fourth-order valence-electron chi connectivity index (χ4n) is 3.20. The molecule has 1 aliphatic rings. The minimum atomic E-state index is -5.09. The normalized spacial score (nSPS) is 21.3. The van der Waals surface area contributed by atoms with Crippen molar-refractivity contribution in [2.45, 2.75) is 45.2 Å². The van der Waals surface area contributed by atoms with Gasteiger partial charge in [-0.3, -0.25) is 9.59 Å². The molecule has 1 aromatic rings. The van der Waals surface area contributed by atoms with E-state index in [-0.39, 0.29) is 25.0 Å². The Kier molecular flexibility index (Phi) is 5.49. The van der Waals surface area contributed by atoms with Crippen LogP contribution < -0.4 is 0 Å². The van der Waals surface area contributed by atoms with Crippen LogP contribution in [0, 0.1) is 24.5 Å². The van der Waals surface area contributed by atoms with E-state index in [0.29, 0.717) is 6.07 Å². The number of carbonyl (C=O) groups excluding carboxylic acids is 2. The third-order valence-corrected chi connectivity index (χ3v) is 4.34. The zero-order valence-electron chi connectivity index (χ0n) is 13.7. The first kappa shape index (κ1) is 19.3. The molecule has 0 spiro atoms. The van der Waals surface area contributed by atoms with Gasteiger partial charge in [0.2, 0.25) is 0 Å². The monoisotopic (exact) mass is 364 g/mol. The second-order valence-electron chi connectivity index (χ2n) is 6.03. The average Bonchev–Trinajstić information content (AvgIpc) is 2.49. The Bertz CT molecular complexity index is 697. The van der Waals surface area contributed by atoms with Crippen molar-refractivity contribution in [3.05, 3.63) is 34.4 Å². The molecule has 1 aliphatic carbocycles. The van der Waals surface area contributed by atoms with Crippen molar-refractivity contribution >= 4 is 11.8 Å². The molecule has 0 amide bonds. The molecular weight excluding hydrogens is 347 g/mol. The summed E-state index contributed by atoms with van der Waals surface area (Å²) < 4.78 is 72.7. The summed E-state index contributed by atoms with van der Waals surface area (Å²) in [5.74, 6) is -6.29. The number of benzene rings is 1. The number of alkyl halides is 3. The van der Waals surface area contributed by atoms with Gasteiger partial charge in [0.05, 0.1) is 12.2 Å². The van der Waals surface area contributed by atoms with E-state index in [4.69, 9.17) is 4.74 Å². The fraction of sp³-hybridized carbons (Fsp3) is 0.529. The number of esters is 1. The predicted molar refractivity (Wildman–Crippen MR) is 77.8 cm³/mol. The van der Waals surface area contributed by atoms with Crippen LogP contribution in [0.5, 0.6) is 0 Å². The number of hydrogen-bond donors (Lipinski definition) is 0. The van der Waals surface area contributed by atoms with Crippen LogP contribution in [0.3, 0.4) is 0 Å². The van der Waals surface area contributed by atoms with Gasteiger partial charge in [0.15, 0.2) is 0 Å². The Morgan fingerprint density at radius 1 is 1.28 bits per heavy atom. The van der Waals surface area contributed by atoms with Crippen LogP contribution in [0.4, 0.5) is 22.0 Å². The fourth-order valence-corrected chi connectivity index (χ4v) is 3.20. The maximum atomic E-state index is 14.4. The third-order valence-electron chi connectivity index (χ3n) is 4.34. The van der Waals surface area contributed by atoms with Crippen LogP contribution in [0.1, 0.15) is 48.8 Å². The van der Waals surface area contributed by atoms with Gasteiger partial charge in [0, 0.05) is 12.0 Å². The van der Waals surface area contributed by atoms with Crippen LogP contribution in [0.25, 0.3) is 0 Å². The summed E-state index contributed by atoms with van der Waals surface area (Å²) in [5, 5.41) is 0. The highest BCUT2D eigenvalue weighted by Crippen LogP contribution is 2.44. The quantitative estimate of drug-likeness (QED) is 0.456. The molecule has 2 atom stereocenters. The first-order chi connectivity index (χ1) is 11.6. The lowest BCUT2D eigenvalue weighted by atomic mass is 9.76. The molecule has 0 aliphatic heterocycles. The summed E-state index contributed by atoms with van der Waals surface area (Å²) in [4.78, 5) is 23.8. The first-order valence-corrected chi connectivity index (χ1v) is 7.82. The van der Waals surface area contributed by atoms with Crippen molar-refractivity contribution in [2.75, 3.05) is 6.61 Å². The van der Waals surface area contributed by atoms with Crippen LogP contribution >= 0.6 is 0 Å². The number of halogens is 5. The maximum absolute atomic E-state index is 14.4. The van der Waals surface area contributed by atoms with E-state index < -0.39 is 58.9 Å². The molecule has 0 bridgehead atoms. The molecule has 2 unspecified atom stereocenters. The van der Waals surface area contributed by atoms with Crippen LogP contribution in [0.2, 0.25) is 0 Å². The number of rotatable bonds is 3. The van der Waals surface area contributed by atoms with E-state index in [1.807, 2.05) is 0 Å². The Labute approximate surface area is 141 Å². The number of hydrogen-bond acceptors (Lipinski definition) is 3. The topological polar surface area (TPSA) is 43.4 Å². The summed E-state index contributed by atoms with van der Waals surface area (Å²) in [6, 6.07) is 0.494. The van der Waals surface area contributed by atoms with Gasteiger partial charge < -0.3 is 4.74 Å². The van der Waals surface area contributed by atoms with E-state index in [9.17, 15) is 31.5 Å². The molecule has 2 rings (SSSR count). The molecule has 1 aromatic carbocycles. The maximum Gasteiger partial charge on any atom is 0.419 e. The molecular formula is C17H17F5O3. The van der Waals surface area contributed by atoms with Gasteiger partial charge in [0.1, 0.15) is 23.3 Å². The highest BCUT2D eigenvalue weighted by atomic mass is 19.4. The molecule has 1 saturated carbocycles. The number of carbonyl (C=O) groups is 2. The minimum Gasteiger partial charge on any atom is -0.465 e. The second kappa shape index (κ2) is 7.09. The van der Waals surface area contributed by atoms with E-state index in [2.05, 4.69) is 0 Å². The lowest BCUT2D eigenvalue weighted by Gasteiger charge is -2.29. The molecule has 0 radical (unpaired) electrons. The van der Waals surface area contributed by atoms with Crippen molar-refractivity contribution in [3.63, 3.8) is 0 Å². The van der Waals surface area contributed by atoms with Crippen molar-refractivity contribution in [3.8, 4) is 0 Å². The molecule has 25 heavy (non-hydrogen) atoms. The predicted octanol–water partition coefficient (Wildman–Crippen LogP) is 4.31. The van der Waals surface area contributed by atoms with Gasteiger partial charge in [-0.1, -0.05) is 0 Å². The summed E-state index contributed by atoms with van der Waals surface area (Å²) in [7, 11) is 0. The lowest BCUT2D eigenvalue weighted by molar-refractivity contribution is -0.153. The van der Waals surface area contributed by atoms with Gasteiger partial charge in [0.25, 0.3) is 0 Å². The van der Waals surface area contributed by atoms with Gasteiger partial charge in [-0.05, 0) is 44.2 Å². The highest BCUT2D eigenvalue weighted by Gasteiger charge is 2.43. The summed E-state index contributed by atoms with van der Waals surface area (Å²) >= 11 is 0. The van der Waals surface area contributed by atoms with Crippen LogP contribution in [0.15, 0.2) is 6.07 Å². The highest BCUT2D eigenvalue weighted by molar-refractivity contribution is 5.99. The van der Waals surface area contributed by atoms with Gasteiger partial charge >= 0.3 is 12.1 Å². The Morgan fingerprint density at radius 2 is 1.92 bits per heavy atom. The smallest absolute Gasteiger partial charge is 0.419 e. The number of ketones is 1. The van der Waals surface area contributed by atoms with Crippen molar-refractivity contribution in [2.24, 2.45) is 5.92 Å². The average molecular weight is 364 g/mol. The summed E-state index contributed by atoms with van der Waals surface area (Å²) in [6.07, 6.45) is -5.66. The van der Waals surface area contributed by atoms with E-state index in [1.165, 1.54) is 0 Å². The number of ether oxygens (including phenoxy) is 1. The Morgan fingerprint density at radius 3 is 2.44 bits per heavy atom. The summed E-state index contributed by atoms with van der Waals surface area (Å²) in [5.41, 5.74) is -2.77. The van der Waals surface area contributed by atoms with Crippen LogP contribution in [-0.2, 0) is 20.5 Å². The van der Waals surface area contributed by atoms with Gasteiger partial charge in [-0.2, -0.15) is 13.2 Å². The molecule has 138 valence electrons. The second-order valence-corrected chi connectivity index (χ2v) is 6.03. The summed E-state index contributed by atoms with van der Waals surface area (Å²) in [6.45, 7) is 2.80. The molecule has 0 N–H and O–H groups in total. The van der Waals surface area contributed by atoms with E-state index in [1.54, 1.807) is 6.92 Å². The van der Waals surface area contributed by atoms with E-state index in [0.717, 1.165) is 6.92 Å². The Balaban J connectivity index is 2.41. The minimum absolute atomic E-state index is 0.0435. The molecule has 8 heteroatoms. The van der Waals surface area contributed by atoms with Gasteiger partial charge in [-0.25, -0.2) is 8.78 Å². The lowest BCUT2D eigenvalue weighted by Crippen LogP contribution is -2.32. The first-order valence-electron chi connectivity index (χ1n) is 7.82. The zero-order chi connectivity index (χ0) is 18.9.